The summed E-state index contributed by atoms with van der Waals surface area (Å²) in [7, 11) is 1.50. The maximum absolute atomic E-state index is 12.3. The van der Waals surface area contributed by atoms with Crippen LogP contribution in [0.25, 0.3) is 0 Å². The van der Waals surface area contributed by atoms with Gasteiger partial charge in [-0.1, -0.05) is 23.4 Å². The van der Waals surface area contributed by atoms with Crippen LogP contribution in [0.4, 0.5) is 5.69 Å². The number of aromatic amines is 1. The molecule has 2 aromatic rings. The van der Waals surface area contributed by atoms with Crippen molar-refractivity contribution in [2.45, 2.75) is 24.3 Å². The monoisotopic (exact) mass is 354 g/mol. The molecular weight excluding hydrogens is 340 g/mol. The molecule has 0 aliphatic rings. The molecule has 0 aliphatic heterocycles. The second-order valence-electron chi connectivity index (χ2n) is 4.64. The van der Waals surface area contributed by atoms with Gasteiger partial charge in [0, 0.05) is 5.02 Å². The van der Waals surface area contributed by atoms with E-state index in [0.717, 1.165) is 11.8 Å². The van der Waals surface area contributed by atoms with Gasteiger partial charge in [0.05, 0.1) is 18.0 Å². The zero-order valence-electron chi connectivity index (χ0n) is 12.7. The van der Waals surface area contributed by atoms with Gasteiger partial charge in [-0.2, -0.15) is 0 Å². The molecule has 0 saturated carbocycles. The minimum Gasteiger partial charge on any atom is -0.495 e. The molecule has 2 N–H and O–H groups in total. The molecule has 1 atom stereocenters. The SMILES string of the molecule is COc1ccc(Cl)cc1NC(=O)[C@H](C)Sc1nnc(C)c(=O)[nH]1. The lowest BCUT2D eigenvalue weighted by Crippen LogP contribution is -2.24. The van der Waals surface area contributed by atoms with Crippen molar-refractivity contribution in [3.8, 4) is 5.75 Å². The van der Waals surface area contributed by atoms with Gasteiger partial charge in [0.25, 0.3) is 5.56 Å². The van der Waals surface area contributed by atoms with Crippen molar-refractivity contribution in [2.75, 3.05) is 12.4 Å². The van der Waals surface area contributed by atoms with Crippen LogP contribution in [-0.2, 0) is 4.79 Å². The Labute approximate surface area is 141 Å². The average Bonchev–Trinajstić information content (AvgIpc) is 2.51. The Morgan fingerprint density at radius 2 is 2.17 bits per heavy atom. The Balaban J connectivity index is 2.09. The minimum absolute atomic E-state index is 0.273. The van der Waals surface area contributed by atoms with Crippen LogP contribution < -0.4 is 15.6 Å². The first-order valence-corrected chi connectivity index (χ1v) is 7.91. The summed E-state index contributed by atoms with van der Waals surface area (Å²) in [6, 6.07) is 4.93. The van der Waals surface area contributed by atoms with Crippen LogP contribution in [0.2, 0.25) is 5.02 Å². The number of ether oxygens (including phenoxy) is 1. The number of aryl methyl sites for hydroxylation is 1. The number of amides is 1. The number of hydrogen-bond donors (Lipinski definition) is 2. The first-order valence-electron chi connectivity index (χ1n) is 6.65. The summed E-state index contributed by atoms with van der Waals surface area (Å²) < 4.78 is 5.18. The van der Waals surface area contributed by atoms with Crippen LogP contribution in [0.3, 0.4) is 0 Å². The van der Waals surface area contributed by atoms with Crippen molar-refractivity contribution < 1.29 is 9.53 Å². The predicted octanol–water partition coefficient (Wildman–Crippen LogP) is 2.25. The third-order valence-electron chi connectivity index (χ3n) is 2.92. The van der Waals surface area contributed by atoms with Crippen LogP contribution in [-0.4, -0.2) is 33.4 Å². The average molecular weight is 355 g/mol. The number of carbonyl (C=O) groups is 1. The third kappa shape index (κ3) is 4.46. The van der Waals surface area contributed by atoms with E-state index in [1.54, 1.807) is 32.0 Å². The fourth-order valence-electron chi connectivity index (χ4n) is 1.66. The highest BCUT2D eigenvalue weighted by Crippen LogP contribution is 2.28. The van der Waals surface area contributed by atoms with Gasteiger partial charge in [0.15, 0.2) is 5.16 Å². The molecule has 0 radical (unpaired) electrons. The predicted molar refractivity (Wildman–Crippen MR) is 89.3 cm³/mol. The Morgan fingerprint density at radius 3 is 2.83 bits per heavy atom. The van der Waals surface area contributed by atoms with Crippen molar-refractivity contribution in [1.82, 2.24) is 15.2 Å². The van der Waals surface area contributed by atoms with Crippen molar-refractivity contribution in [2.24, 2.45) is 0 Å². The van der Waals surface area contributed by atoms with Crippen LogP contribution >= 0.6 is 23.4 Å². The Hall–Kier alpha value is -2.06. The van der Waals surface area contributed by atoms with E-state index in [1.165, 1.54) is 7.11 Å². The molecule has 2 rings (SSSR count). The molecule has 23 heavy (non-hydrogen) atoms. The second kappa shape index (κ2) is 7.47. The van der Waals surface area contributed by atoms with E-state index in [4.69, 9.17) is 16.3 Å². The van der Waals surface area contributed by atoms with Crippen molar-refractivity contribution in [3.63, 3.8) is 0 Å². The second-order valence-corrected chi connectivity index (χ2v) is 6.40. The number of thioether (sulfide) groups is 1. The van der Waals surface area contributed by atoms with Crippen LogP contribution in [0.5, 0.6) is 5.75 Å². The molecule has 1 aromatic carbocycles. The molecule has 0 spiro atoms. The normalized spacial score (nSPS) is 11.8. The maximum atomic E-state index is 12.3. The Bertz CT molecular complexity index is 781. The Morgan fingerprint density at radius 1 is 1.43 bits per heavy atom. The highest BCUT2D eigenvalue weighted by atomic mass is 35.5. The summed E-state index contributed by atoms with van der Waals surface area (Å²) in [5.74, 6) is 0.224. The molecule has 0 bridgehead atoms. The first-order chi connectivity index (χ1) is 10.9. The fraction of sp³-hybridized carbons (Fsp3) is 0.286. The van der Waals surface area contributed by atoms with E-state index in [2.05, 4.69) is 20.5 Å². The lowest BCUT2D eigenvalue weighted by Gasteiger charge is -2.13. The highest BCUT2D eigenvalue weighted by Gasteiger charge is 2.18. The molecular formula is C14H15ClN4O3S. The number of halogens is 1. The van der Waals surface area contributed by atoms with Crippen LogP contribution in [0, 0.1) is 6.92 Å². The summed E-state index contributed by atoms with van der Waals surface area (Å²) >= 11 is 7.03. The number of hydrogen-bond acceptors (Lipinski definition) is 6. The number of methoxy groups -OCH3 is 1. The third-order valence-corrected chi connectivity index (χ3v) is 4.13. The van der Waals surface area contributed by atoms with Crippen molar-refractivity contribution in [1.29, 1.82) is 0 Å². The standard InChI is InChI=1S/C14H15ClN4O3S/c1-7-12(20)17-14(19-18-7)23-8(2)13(21)16-10-6-9(15)4-5-11(10)22-3/h4-6,8H,1-3H3,(H,16,21)(H,17,19,20)/t8-/m0/s1. The fourth-order valence-corrected chi connectivity index (χ4v) is 2.58. The lowest BCUT2D eigenvalue weighted by molar-refractivity contribution is -0.115. The summed E-state index contributed by atoms with van der Waals surface area (Å²) in [5, 5.41) is 10.6. The van der Waals surface area contributed by atoms with E-state index >= 15 is 0 Å². The topological polar surface area (TPSA) is 97.0 Å². The van der Waals surface area contributed by atoms with E-state index in [0.29, 0.717) is 16.5 Å². The van der Waals surface area contributed by atoms with Gasteiger partial charge in [-0.05, 0) is 32.0 Å². The number of carbonyl (C=O) groups excluding carboxylic acids is 1. The summed E-state index contributed by atoms with van der Waals surface area (Å²) in [6.07, 6.45) is 0. The number of aromatic nitrogens is 3. The number of nitrogens with zero attached hydrogens (tertiary/aromatic N) is 2. The number of benzene rings is 1. The van der Waals surface area contributed by atoms with E-state index < -0.39 is 5.25 Å². The van der Waals surface area contributed by atoms with Crippen LogP contribution in [0.1, 0.15) is 12.6 Å². The van der Waals surface area contributed by atoms with E-state index in [-0.39, 0.29) is 22.3 Å². The van der Waals surface area contributed by atoms with Gasteiger partial charge in [0.1, 0.15) is 11.4 Å². The highest BCUT2D eigenvalue weighted by molar-refractivity contribution is 8.00. The number of rotatable bonds is 5. The summed E-state index contributed by atoms with van der Waals surface area (Å²) in [6.45, 7) is 3.25. The largest absolute Gasteiger partial charge is 0.495 e. The molecule has 0 fully saturated rings. The number of anilines is 1. The maximum Gasteiger partial charge on any atom is 0.273 e. The number of H-pyrrole nitrogens is 1. The smallest absolute Gasteiger partial charge is 0.273 e. The number of nitrogens with one attached hydrogen (secondary N) is 2. The lowest BCUT2D eigenvalue weighted by atomic mass is 10.3. The quantitative estimate of drug-likeness (QED) is 0.799. The molecule has 1 heterocycles. The van der Waals surface area contributed by atoms with Gasteiger partial charge >= 0.3 is 0 Å². The minimum atomic E-state index is -0.508. The Kier molecular flexibility index (Phi) is 5.62. The molecule has 1 aromatic heterocycles. The zero-order chi connectivity index (χ0) is 17.0. The molecule has 122 valence electrons. The van der Waals surface area contributed by atoms with E-state index in [9.17, 15) is 9.59 Å². The van der Waals surface area contributed by atoms with Gasteiger partial charge in [-0.25, -0.2) is 0 Å². The van der Waals surface area contributed by atoms with Crippen LogP contribution in [0.15, 0.2) is 28.2 Å². The molecule has 9 heteroatoms. The summed E-state index contributed by atoms with van der Waals surface area (Å²) in [5.41, 5.74) is 0.419. The molecule has 0 saturated heterocycles. The molecule has 0 aliphatic carbocycles. The molecule has 7 nitrogen and oxygen atoms in total. The van der Waals surface area contributed by atoms with Gasteiger partial charge in [-0.15, -0.1) is 10.2 Å². The van der Waals surface area contributed by atoms with E-state index in [1.807, 2.05) is 0 Å². The van der Waals surface area contributed by atoms with Crippen molar-refractivity contribution >= 4 is 35.0 Å². The zero-order valence-corrected chi connectivity index (χ0v) is 14.3. The molecule has 0 unspecified atom stereocenters. The van der Waals surface area contributed by atoms with Gasteiger partial charge in [-0.3, -0.25) is 14.6 Å². The first kappa shape index (κ1) is 17.3. The summed E-state index contributed by atoms with van der Waals surface area (Å²) in [4.78, 5) is 26.3. The van der Waals surface area contributed by atoms with Gasteiger partial charge in [0.2, 0.25) is 5.91 Å². The molecule has 1 amide bonds. The van der Waals surface area contributed by atoms with Crippen molar-refractivity contribution in [3.05, 3.63) is 39.3 Å². The van der Waals surface area contributed by atoms with Gasteiger partial charge < -0.3 is 10.1 Å².